The number of ketones is 1. The molecule has 2 rings (SSSR count). The van der Waals surface area contributed by atoms with E-state index in [0.29, 0.717) is 17.2 Å². The molecule has 1 heterocycles. The first-order chi connectivity index (χ1) is 8.76. The van der Waals surface area contributed by atoms with Crippen LogP contribution in [0.25, 0.3) is 0 Å². The third-order valence-corrected chi connectivity index (χ3v) is 4.24. The van der Waals surface area contributed by atoms with E-state index in [2.05, 4.69) is 0 Å². The summed E-state index contributed by atoms with van der Waals surface area (Å²) >= 11 is 12.6. The number of carbonyl (C=O) groups excluding carboxylic acids is 1. The van der Waals surface area contributed by atoms with Crippen LogP contribution in [0.3, 0.4) is 0 Å². The van der Waals surface area contributed by atoms with Gasteiger partial charge in [0, 0.05) is 6.04 Å². The van der Waals surface area contributed by atoms with Crippen molar-refractivity contribution in [2.45, 2.75) is 25.1 Å². The molecule has 0 aromatic carbocycles. The van der Waals surface area contributed by atoms with Gasteiger partial charge in [0.25, 0.3) is 0 Å². The molecule has 1 aromatic rings. The molecule has 1 aliphatic rings. The molecule has 0 N–H and O–H groups in total. The number of carbonyl (C=O) groups is 1. The largest absolute Gasteiger partial charge is 0.401 e. The van der Waals surface area contributed by atoms with E-state index in [1.807, 2.05) is 0 Å². The smallest absolute Gasteiger partial charge is 0.293 e. The van der Waals surface area contributed by atoms with Crippen LogP contribution in [0.2, 0.25) is 8.67 Å². The molecule has 0 bridgehead atoms. The Morgan fingerprint density at radius 1 is 1.42 bits per heavy atom. The molecule has 0 amide bonds. The van der Waals surface area contributed by atoms with Crippen LogP contribution in [0.5, 0.6) is 0 Å². The Morgan fingerprint density at radius 3 is 2.47 bits per heavy atom. The molecule has 1 aliphatic carbocycles. The van der Waals surface area contributed by atoms with Crippen LogP contribution in [0, 0.1) is 0 Å². The summed E-state index contributed by atoms with van der Waals surface area (Å²) in [6.07, 6.45) is -2.91. The number of Topliss-reactive ketones (excluding diaryl/α,β-unsaturated/α-hetero) is 1. The second-order valence-electron chi connectivity index (χ2n) is 4.41. The molecule has 106 valence electrons. The van der Waals surface area contributed by atoms with Crippen LogP contribution < -0.4 is 0 Å². The van der Waals surface area contributed by atoms with Crippen molar-refractivity contribution >= 4 is 40.3 Å². The molecule has 1 fully saturated rings. The van der Waals surface area contributed by atoms with Gasteiger partial charge in [-0.2, -0.15) is 13.2 Å². The van der Waals surface area contributed by atoms with E-state index in [-0.39, 0.29) is 22.5 Å². The lowest BCUT2D eigenvalue weighted by atomic mass is 10.2. The molecule has 0 radical (unpaired) electrons. The first kappa shape index (κ1) is 15.1. The zero-order chi connectivity index (χ0) is 14.2. The van der Waals surface area contributed by atoms with Crippen LogP contribution in [0.1, 0.15) is 23.2 Å². The summed E-state index contributed by atoms with van der Waals surface area (Å²) in [7, 11) is 0. The molecule has 0 aliphatic heterocycles. The molecule has 19 heavy (non-hydrogen) atoms. The number of halogens is 5. The van der Waals surface area contributed by atoms with Gasteiger partial charge in [0.1, 0.15) is 4.34 Å². The SMILES string of the molecule is O=C(CN(CC(F)(F)F)C1CC1)c1cc(Cl)sc1Cl. The fourth-order valence-electron chi connectivity index (χ4n) is 1.78. The number of thiophene rings is 1. The van der Waals surface area contributed by atoms with Crippen LogP contribution >= 0.6 is 34.5 Å². The van der Waals surface area contributed by atoms with Gasteiger partial charge in [-0.3, -0.25) is 9.69 Å². The second-order valence-corrected chi connectivity index (χ2v) is 6.70. The lowest BCUT2D eigenvalue weighted by Crippen LogP contribution is -2.39. The third-order valence-electron chi connectivity index (χ3n) is 2.75. The number of nitrogens with zero attached hydrogens (tertiary/aromatic N) is 1. The predicted octanol–water partition coefficient (Wildman–Crippen LogP) is 4.26. The summed E-state index contributed by atoms with van der Waals surface area (Å²) in [6.45, 7) is -1.35. The van der Waals surface area contributed by atoms with Gasteiger partial charge in [-0.15, -0.1) is 11.3 Å². The quantitative estimate of drug-likeness (QED) is 0.751. The monoisotopic (exact) mass is 331 g/mol. The van der Waals surface area contributed by atoms with Gasteiger partial charge < -0.3 is 0 Å². The van der Waals surface area contributed by atoms with Gasteiger partial charge in [-0.25, -0.2) is 0 Å². The summed E-state index contributed by atoms with van der Waals surface area (Å²) in [6, 6.07) is 1.24. The molecule has 8 heteroatoms. The lowest BCUT2D eigenvalue weighted by molar-refractivity contribution is -0.145. The van der Waals surface area contributed by atoms with Crippen molar-refractivity contribution in [3.8, 4) is 0 Å². The minimum Gasteiger partial charge on any atom is -0.293 e. The average molecular weight is 332 g/mol. The summed E-state index contributed by atoms with van der Waals surface area (Å²) in [5.41, 5.74) is 0.199. The van der Waals surface area contributed by atoms with Crippen molar-refractivity contribution in [3.63, 3.8) is 0 Å². The number of hydrogen-bond acceptors (Lipinski definition) is 3. The Kier molecular flexibility index (Phi) is 4.45. The maximum absolute atomic E-state index is 12.4. The van der Waals surface area contributed by atoms with Crippen molar-refractivity contribution in [2.75, 3.05) is 13.1 Å². The van der Waals surface area contributed by atoms with E-state index in [4.69, 9.17) is 23.2 Å². The van der Waals surface area contributed by atoms with Crippen molar-refractivity contribution in [2.24, 2.45) is 0 Å². The van der Waals surface area contributed by atoms with E-state index in [0.717, 1.165) is 16.2 Å². The highest BCUT2D eigenvalue weighted by Gasteiger charge is 2.39. The fourth-order valence-corrected chi connectivity index (χ4v) is 3.28. The predicted molar refractivity (Wildman–Crippen MR) is 69.3 cm³/mol. The van der Waals surface area contributed by atoms with Gasteiger partial charge in [0.15, 0.2) is 5.78 Å². The molecule has 0 atom stereocenters. The van der Waals surface area contributed by atoms with Gasteiger partial charge in [-0.05, 0) is 18.9 Å². The van der Waals surface area contributed by atoms with Crippen molar-refractivity contribution in [1.82, 2.24) is 4.90 Å². The zero-order valence-electron chi connectivity index (χ0n) is 9.64. The van der Waals surface area contributed by atoms with Gasteiger partial charge in [-0.1, -0.05) is 23.2 Å². The average Bonchev–Trinajstić information content (AvgIpc) is 3.01. The van der Waals surface area contributed by atoms with Crippen molar-refractivity contribution in [3.05, 3.63) is 20.3 Å². The van der Waals surface area contributed by atoms with Crippen LogP contribution in [-0.4, -0.2) is 36.0 Å². The van der Waals surface area contributed by atoms with Crippen LogP contribution in [-0.2, 0) is 0 Å². The van der Waals surface area contributed by atoms with Gasteiger partial charge >= 0.3 is 6.18 Å². The summed E-state index contributed by atoms with van der Waals surface area (Å²) in [5, 5.41) is 0. The summed E-state index contributed by atoms with van der Waals surface area (Å²) < 4.78 is 37.9. The highest BCUT2D eigenvalue weighted by molar-refractivity contribution is 7.20. The Morgan fingerprint density at radius 2 is 2.05 bits per heavy atom. The van der Waals surface area contributed by atoms with E-state index in [1.54, 1.807) is 0 Å². The maximum Gasteiger partial charge on any atom is 0.401 e. The normalized spacial score (nSPS) is 16.1. The van der Waals surface area contributed by atoms with Crippen LogP contribution in [0.15, 0.2) is 6.07 Å². The molecule has 1 aromatic heterocycles. The molecular weight excluding hydrogens is 322 g/mol. The topological polar surface area (TPSA) is 20.3 Å². The van der Waals surface area contributed by atoms with E-state index < -0.39 is 18.5 Å². The molecular formula is C11H10Cl2F3NOS. The van der Waals surface area contributed by atoms with E-state index in [1.165, 1.54) is 6.07 Å². The molecule has 0 saturated heterocycles. The van der Waals surface area contributed by atoms with Gasteiger partial charge in [0.05, 0.1) is 23.0 Å². The Bertz CT molecular complexity index is 485. The van der Waals surface area contributed by atoms with Crippen molar-refractivity contribution < 1.29 is 18.0 Å². The fraction of sp³-hybridized carbons (Fsp3) is 0.545. The first-order valence-corrected chi connectivity index (χ1v) is 7.12. The Hall–Kier alpha value is -0.300. The Labute approximate surface area is 122 Å². The summed E-state index contributed by atoms with van der Waals surface area (Å²) in [5.74, 6) is -0.427. The van der Waals surface area contributed by atoms with E-state index in [9.17, 15) is 18.0 Å². The number of hydrogen-bond donors (Lipinski definition) is 0. The second kappa shape index (κ2) is 5.60. The van der Waals surface area contributed by atoms with E-state index >= 15 is 0 Å². The van der Waals surface area contributed by atoms with Gasteiger partial charge in [0.2, 0.25) is 0 Å². The maximum atomic E-state index is 12.4. The third kappa shape index (κ3) is 4.34. The first-order valence-electron chi connectivity index (χ1n) is 5.55. The molecule has 2 nitrogen and oxygen atoms in total. The summed E-state index contributed by atoms with van der Waals surface area (Å²) in [4.78, 5) is 13.1. The lowest BCUT2D eigenvalue weighted by Gasteiger charge is -2.22. The number of rotatable bonds is 5. The van der Waals surface area contributed by atoms with Crippen LogP contribution in [0.4, 0.5) is 13.2 Å². The molecule has 0 spiro atoms. The zero-order valence-corrected chi connectivity index (χ0v) is 12.0. The molecule has 0 unspecified atom stereocenters. The minimum atomic E-state index is -4.31. The highest BCUT2D eigenvalue weighted by atomic mass is 35.5. The minimum absolute atomic E-state index is 0.154. The number of alkyl halides is 3. The molecule has 1 saturated carbocycles. The Balaban J connectivity index is 2.05. The van der Waals surface area contributed by atoms with Crippen molar-refractivity contribution in [1.29, 1.82) is 0 Å². The standard InChI is InChI=1S/C11H10Cl2F3NOS/c12-9-3-7(10(13)19-9)8(18)4-17(6-1-2-6)5-11(14,15)16/h3,6H,1-2,4-5H2. The highest BCUT2D eigenvalue weighted by Crippen LogP contribution is 2.33.